The van der Waals surface area contributed by atoms with E-state index in [2.05, 4.69) is 20.8 Å². The molecule has 0 radical (unpaired) electrons. The van der Waals surface area contributed by atoms with Gasteiger partial charge in [-0.1, -0.05) is 39.0 Å². The van der Waals surface area contributed by atoms with Crippen molar-refractivity contribution in [2.24, 2.45) is 16.7 Å². The highest BCUT2D eigenvalue weighted by molar-refractivity contribution is 6.05. The van der Waals surface area contributed by atoms with E-state index in [0.717, 1.165) is 18.5 Å². The first-order valence-electron chi connectivity index (χ1n) is 8.49. The van der Waals surface area contributed by atoms with Crippen LogP contribution in [0.25, 0.3) is 0 Å². The molecule has 3 fully saturated rings. The van der Waals surface area contributed by atoms with Crippen LogP contribution in [0, 0.1) is 16.7 Å². The molecule has 1 heterocycles. The highest BCUT2D eigenvalue weighted by Gasteiger charge is 2.73. The maximum atomic E-state index is 13.1. The lowest BCUT2D eigenvalue weighted by molar-refractivity contribution is -0.129. The number of urea groups is 1. The molecule has 4 rings (SSSR count). The number of nitrogens with zero attached hydrogens (tertiary/aromatic N) is 2. The SMILES string of the molecule is CC(=O)N1C(=O)N(c2ccccc2)[C@@H]2[C@H]3CC[C@@](C)([C@@H]21)C3(C)C. The first-order chi connectivity index (χ1) is 10.8. The molecule has 1 aromatic rings. The summed E-state index contributed by atoms with van der Waals surface area (Å²) in [7, 11) is 0. The van der Waals surface area contributed by atoms with E-state index < -0.39 is 0 Å². The van der Waals surface area contributed by atoms with Gasteiger partial charge < -0.3 is 0 Å². The monoisotopic (exact) mass is 312 g/mol. The molecular weight excluding hydrogens is 288 g/mol. The van der Waals surface area contributed by atoms with E-state index in [1.54, 1.807) is 4.90 Å². The van der Waals surface area contributed by atoms with Gasteiger partial charge in [-0.05, 0) is 41.7 Å². The predicted molar refractivity (Wildman–Crippen MR) is 89.0 cm³/mol. The fraction of sp³-hybridized carbons (Fsp3) is 0.579. The highest BCUT2D eigenvalue weighted by atomic mass is 16.2. The van der Waals surface area contributed by atoms with Crippen LogP contribution >= 0.6 is 0 Å². The number of carbonyl (C=O) groups excluding carboxylic acids is 2. The fourth-order valence-electron chi connectivity index (χ4n) is 5.61. The van der Waals surface area contributed by atoms with Crippen molar-refractivity contribution in [1.82, 2.24) is 4.90 Å². The minimum atomic E-state index is -0.146. The molecule has 4 atom stereocenters. The molecule has 23 heavy (non-hydrogen) atoms. The van der Waals surface area contributed by atoms with Crippen molar-refractivity contribution >= 4 is 17.6 Å². The van der Waals surface area contributed by atoms with Gasteiger partial charge in [0, 0.05) is 12.6 Å². The minimum absolute atomic E-state index is 0.00675. The Balaban J connectivity index is 1.89. The third-order valence-corrected chi connectivity index (χ3v) is 7.12. The van der Waals surface area contributed by atoms with Crippen LogP contribution in [-0.4, -0.2) is 28.9 Å². The van der Waals surface area contributed by atoms with Crippen LogP contribution in [-0.2, 0) is 4.79 Å². The van der Waals surface area contributed by atoms with E-state index in [4.69, 9.17) is 0 Å². The van der Waals surface area contributed by atoms with Crippen LogP contribution in [0.2, 0.25) is 0 Å². The molecule has 1 aromatic carbocycles. The highest BCUT2D eigenvalue weighted by Crippen LogP contribution is 2.69. The second kappa shape index (κ2) is 4.37. The maximum absolute atomic E-state index is 13.1. The van der Waals surface area contributed by atoms with Crippen molar-refractivity contribution in [2.45, 2.75) is 52.6 Å². The summed E-state index contributed by atoms with van der Waals surface area (Å²) in [5.74, 6) is 0.305. The van der Waals surface area contributed by atoms with Crippen LogP contribution in [0.4, 0.5) is 10.5 Å². The van der Waals surface area contributed by atoms with Gasteiger partial charge in [-0.3, -0.25) is 14.6 Å². The van der Waals surface area contributed by atoms with Crippen molar-refractivity contribution in [1.29, 1.82) is 0 Å². The van der Waals surface area contributed by atoms with Crippen LogP contribution in [0.3, 0.4) is 0 Å². The smallest absolute Gasteiger partial charge is 0.288 e. The number of rotatable bonds is 1. The van der Waals surface area contributed by atoms with Gasteiger partial charge in [0.2, 0.25) is 5.91 Å². The summed E-state index contributed by atoms with van der Waals surface area (Å²) in [5, 5.41) is 0. The van der Waals surface area contributed by atoms with Gasteiger partial charge in [0.15, 0.2) is 0 Å². The molecule has 4 heteroatoms. The number of benzene rings is 1. The van der Waals surface area contributed by atoms with Crippen molar-refractivity contribution in [2.75, 3.05) is 4.90 Å². The third-order valence-electron chi connectivity index (χ3n) is 7.12. The van der Waals surface area contributed by atoms with E-state index in [9.17, 15) is 9.59 Å². The quantitative estimate of drug-likeness (QED) is 0.794. The summed E-state index contributed by atoms with van der Waals surface area (Å²) in [6.07, 6.45) is 2.22. The molecule has 1 aliphatic heterocycles. The zero-order valence-electron chi connectivity index (χ0n) is 14.2. The van der Waals surface area contributed by atoms with E-state index in [1.165, 1.54) is 6.92 Å². The van der Waals surface area contributed by atoms with Crippen molar-refractivity contribution in [3.8, 4) is 0 Å². The number of anilines is 1. The van der Waals surface area contributed by atoms with Crippen molar-refractivity contribution in [3.05, 3.63) is 30.3 Å². The molecule has 0 aromatic heterocycles. The number of amides is 3. The second-order valence-corrected chi connectivity index (χ2v) is 8.10. The average Bonchev–Trinajstić information content (AvgIpc) is 2.98. The molecular formula is C19H24N2O2. The van der Waals surface area contributed by atoms with Gasteiger partial charge in [-0.2, -0.15) is 0 Å². The fourth-order valence-corrected chi connectivity index (χ4v) is 5.61. The minimum Gasteiger partial charge on any atom is -0.288 e. The molecule has 122 valence electrons. The lowest BCUT2D eigenvalue weighted by Crippen LogP contribution is -2.49. The third kappa shape index (κ3) is 1.57. The Morgan fingerprint density at radius 1 is 1.17 bits per heavy atom. The molecule has 2 bridgehead atoms. The molecule has 4 nitrogen and oxygen atoms in total. The van der Waals surface area contributed by atoms with E-state index in [1.807, 2.05) is 35.2 Å². The molecule has 2 aliphatic carbocycles. The normalized spacial score (nSPS) is 37.4. The molecule has 0 spiro atoms. The summed E-state index contributed by atoms with van der Waals surface area (Å²) >= 11 is 0. The summed E-state index contributed by atoms with van der Waals surface area (Å²) < 4.78 is 0. The largest absolute Gasteiger partial charge is 0.331 e. The van der Waals surface area contributed by atoms with Gasteiger partial charge in [0.05, 0.1) is 12.1 Å². The molecule has 0 N–H and O–H groups in total. The van der Waals surface area contributed by atoms with Gasteiger partial charge in [0.1, 0.15) is 0 Å². The summed E-state index contributed by atoms with van der Waals surface area (Å²) in [4.78, 5) is 28.8. The molecule has 1 saturated heterocycles. The van der Waals surface area contributed by atoms with Crippen LogP contribution in [0.5, 0.6) is 0 Å². The Hall–Kier alpha value is -1.84. The molecule has 2 saturated carbocycles. The van der Waals surface area contributed by atoms with Crippen LogP contribution in [0.15, 0.2) is 30.3 Å². The second-order valence-electron chi connectivity index (χ2n) is 8.10. The number of hydrogen-bond acceptors (Lipinski definition) is 2. The Labute approximate surface area is 137 Å². The number of carbonyl (C=O) groups is 2. The molecule has 0 unspecified atom stereocenters. The zero-order valence-corrected chi connectivity index (χ0v) is 14.2. The predicted octanol–water partition coefficient (Wildman–Crippen LogP) is 3.67. The number of hydrogen-bond donors (Lipinski definition) is 0. The Morgan fingerprint density at radius 3 is 2.43 bits per heavy atom. The van der Waals surface area contributed by atoms with Gasteiger partial charge in [-0.25, -0.2) is 4.79 Å². The van der Waals surface area contributed by atoms with Crippen molar-refractivity contribution in [3.63, 3.8) is 0 Å². The summed E-state index contributed by atoms with van der Waals surface area (Å²) in [6.45, 7) is 8.42. The zero-order chi connectivity index (χ0) is 16.6. The van der Waals surface area contributed by atoms with Gasteiger partial charge in [-0.15, -0.1) is 0 Å². The standard InChI is InChI=1S/C19H24N2O2/c1-12(22)20-16-15(14-10-11-19(16,4)18(14,2)3)21(17(20)23)13-8-6-5-7-9-13/h5-9,14-16H,10-11H2,1-4H3/t14-,15-,16-,19+/m1/s1. The maximum Gasteiger partial charge on any atom is 0.331 e. The van der Waals surface area contributed by atoms with Gasteiger partial charge in [0.25, 0.3) is 0 Å². The first-order valence-corrected chi connectivity index (χ1v) is 8.49. The van der Waals surface area contributed by atoms with Crippen LogP contribution < -0.4 is 4.90 Å². The van der Waals surface area contributed by atoms with Crippen LogP contribution in [0.1, 0.15) is 40.5 Å². The lowest BCUT2D eigenvalue weighted by Gasteiger charge is -2.41. The van der Waals surface area contributed by atoms with Gasteiger partial charge >= 0.3 is 6.03 Å². The Bertz CT molecular complexity index is 684. The Morgan fingerprint density at radius 2 is 1.83 bits per heavy atom. The number of fused-ring (bicyclic) bond motifs is 5. The number of imide groups is 1. The van der Waals surface area contributed by atoms with Crippen molar-refractivity contribution < 1.29 is 9.59 Å². The van der Waals surface area contributed by atoms with E-state index >= 15 is 0 Å². The first kappa shape index (κ1) is 14.7. The van der Waals surface area contributed by atoms with E-state index in [-0.39, 0.29) is 34.9 Å². The summed E-state index contributed by atoms with van der Waals surface area (Å²) in [5.41, 5.74) is 1.03. The molecule has 3 aliphatic rings. The molecule has 3 amide bonds. The van der Waals surface area contributed by atoms with E-state index in [0.29, 0.717) is 5.92 Å². The Kier molecular flexibility index (Phi) is 2.80. The summed E-state index contributed by atoms with van der Waals surface area (Å²) in [6, 6.07) is 9.75. The number of para-hydroxylation sites is 1. The lowest BCUT2D eigenvalue weighted by atomic mass is 9.69. The topological polar surface area (TPSA) is 40.6 Å². The average molecular weight is 312 g/mol.